The maximum absolute atomic E-state index is 14.7. The van der Waals surface area contributed by atoms with Crippen LogP contribution in [-0.4, -0.2) is 58.8 Å². The maximum Gasteiger partial charge on any atom is 0.245 e. The molecule has 11 heteroatoms. The van der Waals surface area contributed by atoms with Gasteiger partial charge in [0, 0.05) is 30.5 Å². The van der Waals surface area contributed by atoms with E-state index in [1.165, 1.54) is 24.5 Å². The van der Waals surface area contributed by atoms with Gasteiger partial charge >= 0.3 is 0 Å². The number of nitrogens with one attached hydrogen (secondary N) is 1. The standard InChI is InChI=1S/C26H25Cl2FN4O4/c1-2-23(35)33-10-14-7-15(11-33)17(14)12-37-21-8-16-20(9-22(21)36-6-5-34)30-13-31-26(16)32-19-4-3-18(27)24(28)25(19)29/h2-4,8-9,13-15,17,34H,1,5-7,10-12H2,(H,30,31,32)/t14-,15+,17?. The molecule has 2 N–H and O–H groups in total. The predicted molar refractivity (Wildman–Crippen MR) is 139 cm³/mol. The zero-order valence-electron chi connectivity index (χ0n) is 19.8. The zero-order valence-corrected chi connectivity index (χ0v) is 21.3. The van der Waals surface area contributed by atoms with Crippen LogP contribution in [0.4, 0.5) is 15.9 Å². The summed E-state index contributed by atoms with van der Waals surface area (Å²) in [5.74, 6) is 1.54. The summed E-state index contributed by atoms with van der Waals surface area (Å²) in [6, 6.07) is 6.41. The van der Waals surface area contributed by atoms with Crippen molar-refractivity contribution in [2.24, 2.45) is 17.8 Å². The summed E-state index contributed by atoms with van der Waals surface area (Å²) in [6.07, 6.45) is 3.77. The number of piperidine rings is 2. The van der Waals surface area contributed by atoms with Gasteiger partial charge in [0.2, 0.25) is 5.91 Å². The number of hydrogen-bond acceptors (Lipinski definition) is 7. The molecule has 1 unspecified atom stereocenters. The molecule has 3 heterocycles. The molecule has 3 fully saturated rings. The van der Waals surface area contributed by atoms with Crippen molar-refractivity contribution in [3.05, 3.63) is 59.1 Å². The van der Waals surface area contributed by atoms with Crippen LogP contribution in [0.2, 0.25) is 10.0 Å². The molecule has 37 heavy (non-hydrogen) atoms. The topological polar surface area (TPSA) is 96.8 Å². The van der Waals surface area contributed by atoms with E-state index in [9.17, 15) is 14.3 Å². The molecule has 1 saturated carbocycles. The van der Waals surface area contributed by atoms with Crippen LogP contribution in [0, 0.1) is 23.6 Å². The van der Waals surface area contributed by atoms with Crippen molar-refractivity contribution < 1.29 is 23.8 Å². The normalized spacial score (nSPS) is 20.3. The Kier molecular flexibility index (Phi) is 7.37. The fraction of sp³-hybridized carbons (Fsp3) is 0.346. The van der Waals surface area contributed by atoms with Crippen molar-refractivity contribution in [2.75, 3.05) is 38.2 Å². The minimum Gasteiger partial charge on any atom is -0.489 e. The first kappa shape index (κ1) is 25.5. The highest BCUT2D eigenvalue weighted by molar-refractivity contribution is 6.42. The number of halogens is 3. The predicted octanol–water partition coefficient (Wildman–Crippen LogP) is 4.85. The molecule has 2 aromatic carbocycles. The number of aliphatic hydroxyl groups is 1. The highest BCUT2D eigenvalue weighted by atomic mass is 35.5. The van der Waals surface area contributed by atoms with E-state index in [4.69, 9.17) is 32.7 Å². The summed E-state index contributed by atoms with van der Waals surface area (Å²) >= 11 is 11.9. The lowest BCUT2D eigenvalue weighted by molar-refractivity contribution is -0.138. The fourth-order valence-corrected chi connectivity index (χ4v) is 5.36. The number of carbonyl (C=O) groups is 1. The van der Waals surface area contributed by atoms with Crippen molar-refractivity contribution >= 4 is 51.5 Å². The van der Waals surface area contributed by atoms with Gasteiger partial charge in [-0.05, 0) is 42.5 Å². The number of nitrogens with zero attached hydrogens (tertiary/aromatic N) is 3. The average Bonchev–Trinajstić information content (AvgIpc) is 2.91. The molecule has 1 amide bonds. The molecule has 1 aliphatic carbocycles. The first-order chi connectivity index (χ1) is 17.9. The van der Waals surface area contributed by atoms with Crippen molar-refractivity contribution in [3.63, 3.8) is 0 Å². The molecule has 3 aromatic rings. The molecular formula is C26H25Cl2FN4O4. The van der Waals surface area contributed by atoms with E-state index in [0.717, 1.165) is 6.42 Å². The van der Waals surface area contributed by atoms with Crippen LogP contribution in [-0.2, 0) is 4.79 Å². The molecule has 0 spiro atoms. The molecular weight excluding hydrogens is 522 g/mol. The second kappa shape index (κ2) is 10.7. The Balaban J connectivity index is 1.40. The number of benzene rings is 2. The number of rotatable bonds is 9. The van der Waals surface area contributed by atoms with Crippen LogP contribution in [0.1, 0.15) is 6.42 Å². The van der Waals surface area contributed by atoms with Crippen LogP contribution in [0.25, 0.3) is 10.9 Å². The monoisotopic (exact) mass is 546 g/mol. The van der Waals surface area contributed by atoms with E-state index in [2.05, 4.69) is 21.9 Å². The van der Waals surface area contributed by atoms with E-state index in [-0.39, 0.29) is 34.9 Å². The molecule has 2 aliphatic heterocycles. The third-order valence-corrected chi connectivity index (χ3v) is 7.76. The smallest absolute Gasteiger partial charge is 0.245 e. The van der Waals surface area contributed by atoms with E-state index in [1.807, 2.05) is 4.90 Å². The lowest BCUT2D eigenvalue weighted by atomic mass is 9.62. The summed E-state index contributed by atoms with van der Waals surface area (Å²) in [7, 11) is 0. The number of aliphatic hydroxyl groups excluding tert-OH is 1. The second-order valence-electron chi connectivity index (χ2n) is 9.14. The maximum atomic E-state index is 14.7. The van der Waals surface area contributed by atoms with Gasteiger partial charge in [-0.2, -0.15) is 0 Å². The Bertz CT molecular complexity index is 1350. The summed E-state index contributed by atoms with van der Waals surface area (Å²) < 4.78 is 26.6. The average molecular weight is 547 g/mol. The van der Waals surface area contributed by atoms with E-state index >= 15 is 0 Å². The minimum atomic E-state index is -0.694. The number of carbonyl (C=O) groups excluding carboxylic acids is 1. The molecule has 194 valence electrons. The summed E-state index contributed by atoms with van der Waals surface area (Å²) in [5.41, 5.74) is 0.649. The number of anilines is 2. The number of fused-ring (bicyclic) bond motifs is 3. The highest BCUT2D eigenvalue weighted by Crippen LogP contribution is 2.46. The second-order valence-corrected chi connectivity index (χ2v) is 9.92. The van der Waals surface area contributed by atoms with Crippen LogP contribution in [0.5, 0.6) is 11.5 Å². The SMILES string of the molecule is C=CC(=O)N1C[C@H]2C[C@@H](C1)C2COc1cc2c(Nc3ccc(Cl)c(Cl)c3F)ncnc2cc1OCCO. The van der Waals surface area contributed by atoms with Gasteiger partial charge in [-0.25, -0.2) is 14.4 Å². The zero-order chi connectivity index (χ0) is 26.1. The van der Waals surface area contributed by atoms with Crippen molar-refractivity contribution in [1.29, 1.82) is 0 Å². The number of hydrogen-bond donors (Lipinski definition) is 2. The van der Waals surface area contributed by atoms with Crippen LogP contribution in [0.15, 0.2) is 43.2 Å². The summed E-state index contributed by atoms with van der Waals surface area (Å²) in [6.45, 7) is 5.33. The Morgan fingerprint density at radius 2 is 1.97 bits per heavy atom. The quantitative estimate of drug-likeness (QED) is 0.292. The molecule has 3 atom stereocenters. The molecule has 2 saturated heterocycles. The van der Waals surface area contributed by atoms with Crippen LogP contribution in [0.3, 0.4) is 0 Å². The summed E-state index contributed by atoms with van der Waals surface area (Å²) in [4.78, 5) is 22.4. The van der Waals surface area contributed by atoms with E-state index in [1.54, 1.807) is 12.1 Å². The van der Waals surface area contributed by atoms with E-state index in [0.29, 0.717) is 65.7 Å². The molecule has 2 bridgehead atoms. The summed E-state index contributed by atoms with van der Waals surface area (Å²) in [5, 5.41) is 12.7. The number of amides is 1. The minimum absolute atomic E-state index is 0.0401. The van der Waals surface area contributed by atoms with Gasteiger partial charge in [0.15, 0.2) is 17.3 Å². The van der Waals surface area contributed by atoms with Crippen LogP contribution < -0.4 is 14.8 Å². The van der Waals surface area contributed by atoms with Gasteiger partial charge < -0.3 is 24.8 Å². The van der Waals surface area contributed by atoms with Gasteiger partial charge in [-0.15, -0.1) is 0 Å². The molecule has 6 rings (SSSR count). The molecule has 8 nitrogen and oxygen atoms in total. The van der Waals surface area contributed by atoms with Gasteiger partial charge in [0.25, 0.3) is 0 Å². The first-order valence-corrected chi connectivity index (χ1v) is 12.6. The molecule has 0 radical (unpaired) electrons. The lowest BCUT2D eigenvalue weighted by Crippen LogP contribution is -2.57. The van der Waals surface area contributed by atoms with Gasteiger partial charge in [0.1, 0.15) is 18.8 Å². The Hall–Kier alpha value is -3.14. The Morgan fingerprint density at radius 1 is 1.22 bits per heavy atom. The third-order valence-electron chi connectivity index (χ3n) is 6.98. The van der Waals surface area contributed by atoms with Crippen molar-refractivity contribution in [1.82, 2.24) is 14.9 Å². The van der Waals surface area contributed by atoms with Crippen molar-refractivity contribution in [2.45, 2.75) is 6.42 Å². The Labute approximate surface area is 223 Å². The van der Waals surface area contributed by atoms with Crippen molar-refractivity contribution in [3.8, 4) is 11.5 Å². The fourth-order valence-electron chi connectivity index (χ4n) is 5.05. The number of aromatic nitrogens is 2. The third kappa shape index (κ3) is 5.03. The van der Waals surface area contributed by atoms with E-state index < -0.39 is 5.82 Å². The molecule has 1 aromatic heterocycles. The first-order valence-electron chi connectivity index (χ1n) is 11.9. The molecule has 3 aliphatic rings. The highest BCUT2D eigenvalue weighted by Gasteiger charge is 2.47. The largest absolute Gasteiger partial charge is 0.489 e. The van der Waals surface area contributed by atoms with Gasteiger partial charge in [-0.3, -0.25) is 4.79 Å². The lowest BCUT2D eigenvalue weighted by Gasteiger charge is -2.53. The number of ether oxygens (including phenoxy) is 2. The van der Waals surface area contributed by atoms with Gasteiger partial charge in [-0.1, -0.05) is 29.8 Å². The van der Waals surface area contributed by atoms with Gasteiger partial charge in [0.05, 0.1) is 34.5 Å². The van der Waals surface area contributed by atoms with Crippen LogP contribution >= 0.6 is 23.2 Å². The Morgan fingerprint density at radius 3 is 2.70 bits per heavy atom.